The van der Waals surface area contributed by atoms with Gasteiger partial charge in [-0.15, -0.1) is 11.8 Å². The van der Waals surface area contributed by atoms with Crippen LogP contribution >= 0.6 is 11.8 Å². The number of amides is 2. The molecule has 1 aromatic carbocycles. The highest BCUT2D eigenvalue weighted by Crippen LogP contribution is 2.45. The van der Waals surface area contributed by atoms with Crippen molar-refractivity contribution in [1.29, 1.82) is 0 Å². The van der Waals surface area contributed by atoms with Crippen LogP contribution in [0.25, 0.3) is 0 Å². The number of thioether (sulfide) groups is 1. The third-order valence-corrected chi connectivity index (χ3v) is 7.86. The molecule has 146 valence electrons. The molecule has 27 heavy (non-hydrogen) atoms. The van der Waals surface area contributed by atoms with Gasteiger partial charge in [-0.3, -0.25) is 9.59 Å². The van der Waals surface area contributed by atoms with E-state index in [1.54, 1.807) is 12.1 Å². The maximum atomic E-state index is 13.5. The summed E-state index contributed by atoms with van der Waals surface area (Å²) in [4.78, 5) is 29.5. The smallest absolute Gasteiger partial charge is 0.255 e. The number of benzene rings is 1. The van der Waals surface area contributed by atoms with Gasteiger partial charge in [0.25, 0.3) is 5.91 Å². The normalized spacial score (nSPS) is 23.0. The van der Waals surface area contributed by atoms with E-state index in [0.717, 1.165) is 44.5 Å². The first kappa shape index (κ1) is 18.8. The fraction of sp³-hybridized carbons (Fsp3) is 0.619. The zero-order valence-electron chi connectivity index (χ0n) is 15.7. The van der Waals surface area contributed by atoms with Gasteiger partial charge in [0.15, 0.2) is 0 Å². The fourth-order valence-corrected chi connectivity index (χ4v) is 6.23. The van der Waals surface area contributed by atoms with Crippen LogP contribution in [-0.4, -0.2) is 51.9 Å². The van der Waals surface area contributed by atoms with E-state index in [4.69, 9.17) is 0 Å². The Morgan fingerprint density at radius 1 is 1.07 bits per heavy atom. The van der Waals surface area contributed by atoms with Crippen molar-refractivity contribution in [3.8, 4) is 0 Å². The number of halogens is 1. The molecule has 6 heteroatoms. The summed E-state index contributed by atoms with van der Waals surface area (Å²) in [5.74, 6) is 0.947. The van der Waals surface area contributed by atoms with Crippen LogP contribution in [0.3, 0.4) is 0 Å². The molecule has 1 aliphatic carbocycles. The van der Waals surface area contributed by atoms with E-state index in [0.29, 0.717) is 18.0 Å². The van der Waals surface area contributed by atoms with Gasteiger partial charge in [0.2, 0.25) is 5.91 Å². The van der Waals surface area contributed by atoms with Crippen molar-refractivity contribution in [2.75, 3.05) is 25.4 Å². The average Bonchev–Trinajstić information content (AvgIpc) is 3.11. The summed E-state index contributed by atoms with van der Waals surface area (Å²) in [5.41, 5.74) is 0.414. The Balaban J connectivity index is 1.43. The molecule has 3 aliphatic rings. The first-order chi connectivity index (χ1) is 13.1. The number of likely N-dealkylation sites (tertiary alicyclic amines) is 1. The fourth-order valence-electron chi connectivity index (χ4n) is 4.77. The summed E-state index contributed by atoms with van der Waals surface area (Å²) in [7, 11) is 0. The highest BCUT2D eigenvalue weighted by molar-refractivity contribution is 8.00. The molecule has 0 atom stereocenters. The molecule has 4 nitrogen and oxygen atoms in total. The predicted octanol–water partition coefficient (Wildman–Crippen LogP) is 3.91. The van der Waals surface area contributed by atoms with Gasteiger partial charge in [0, 0.05) is 36.9 Å². The molecule has 2 heterocycles. The SMILES string of the molecule is O=C(C1CCCCC1)N1CCC2(CC1)SCCN2C(=O)c1cccc(F)c1. The Hall–Kier alpha value is -1.56. The van der Waals surface area contributed by atoms with Gasteiger partial charge in [0.05, 0.1) is 4.87 Å². The number of carbonyl (C=O) groups excluding carboxylic acids is 2. The summed E-state index contributed by atoms with van der Waals surface area (Å²) in [5, 5.41) is 0. The van der Waals surface area contributed by atoms with E-state index in [1.807, 2.05) is 21.6 Å². The zero-order valence-corrected chi connectivity index (χ0v) is 16.5. The highest BCUT2D eigenvalue weighted by Gasteiger charge is 2.47. The lowest BCUT2D eigenvalue weighted by Crippen LogP contribution is -2.54. The number of hydrogen-bond acceptors (Lipinski definition) is 3. The van der Waals surface area contributed by atoms with E-state index in [-0.39, 0.29) is 22.5 Å². The molecule has 1 saturated carbocycles. The molecule has 2 amide bonds. The van der Waals surface area contributed by atoms with Crippen molar-refractivity contribution < 1.29 is 14.0 Å². The molecule has 1 spiro atoms. The molecule has 0 N–H and O–H groups in total. The molecule has 3 fully saturated rings. The summed E-state index contributed by atoms with van der Waals surface area (Å²) in [6.45, 7) is 2.13. The summed E-state index contributed by atoms with van der Waals surface area (Å²) in [6, 6.07) is 5.95. The van der Waals surface area contributed by atoms with Crippen LogP contribution < -0.4 is 0 Å². The van der Waals surface area contributed by atoms with Crippen LogP contribution in [0.2, 0.25) is 0 Å². The van der Waals surface area contributed by atoms with E-state index in [1.165, 1.54) is 31.4 Å². The van der Waals surface area contributed by atoms with Crippen molar-refractivity contribution in [3.05, 3.63) is 35.6 Å². The third-order valence-electron chi connectivity index (χ3n) is 6.31. The Morgan fingerprint density at radius 3 is 2.52 bits per heavy atom. The Labute approximate surface area is 164 Å². The lowest BCUT2D eigenvalue weighted by molar-refractivity contribution is -0.138. The lowest BCUT2D eigenvalue weighted by Gasteiger charge is -2.45. The number of carbonyl (C=O) groups is 2. The maximum absolute atomic E-state index is 13.5. The topological polar surface area (TPSA) is 40.6 Å². The van der Waals surface area contributed by atoms with Crippen molar-refractivity contribution in [2.24, 2.45) is 5.92 Å². The van der Waals surface area contributed by atoms with Gasteiger partial charge in [-0.05, 0) is 43.9 Å². The number of nitrogens with zero attached hydrogens (tertiary/aromatic N) is 2. The number of rotatable bonds is 2. The molecular weight excluding hydrogens is 363 g/mol. The molecule has 1 aromatic rings. The minimum atomic E-state index is -0.380. The molecule has 0 aromatic heterocycles. The van der Waals surface area contributed by atoms with E-state index >= 15 is 0 Å². The van der Waals surface area contributed by atoms with Crippen LogP contribution in [0, 0.1) is 11.7 Å². The van der Waals surface area contributed by atoms with Gasteiger partial charge in [0.1, 0.15) is 5.82 Å². The molecular formula is C21H27FN2O2S. The first-order valence-corrected chi connectivity index (χ1v) is 11.1. The van der Waals surface area contributed by atoms with Gasteiger partial charge in [-0.25, -0.2) is 4.39 Å². The molecule has 0 unspecified atom stereocenters. The second-order valence-electron chi connectivity index (χ2n) is 7.92. The van der Waals surface area contributed by atoms with Crippen molar-refractivity contribution in [3.63, 3.8) is 0 Å². The van der Waals surface area contributed by atoms with Crippen molar-refractivity contribution in [2.45, 2.75) is 49.8 Å². The Bertz CT molecular complexity index is 712. The molecule has 4 rings (SSSR count). The van der Waals surface area contributed by atoms with Gasteiger partial charge in [-0.1, -0.05) is 25.3 Å². The minimum absolute atomic E-state index is 0.0912. The predicted molar refractivity (Wildman–Crippen MR) is 105 cm³/mol. The Kier molecular flexibility index (Phi) is 5.44. The van der Waals surface area contributed by atoms with Crippen LogP contribution in [-0.2, 0) is 4.79 Å². The molecule has 0 radical (unpaired) electrons. The monoisotopic (exact) mass is 390 g/mol. The summed E-state index contributed by atoms with van der Waals surface area (Å²) >= 11 is 1.82. The van der Waals surface area contributed by atoms with Crippen LogP contribution in [0.15, 0.2) is 24.3 Å². The Morgan fingerprint density at radius 2 is 1.81 bits per heavy atom. The van der Waals surface area contributed by atoms with E-state index < -0.39 is 0 Å². The maximum Gasteiger partial charge on any atom is 0.255 e. The first-order valence-electron chi connectivity index (χ1n) is 10.1. The standard InChI is InChI=1S/C21H27FN2O2S/c22-18-8-4-7-17(15-18)20(26)24-13-14-27-21(24)9-11-23(12-10-21)19(25)16-5-2-1-3-6-16/h4,7-8,15-16H,1-3,5-6,9-14H2. The second-order valence-corrected chi connectivity index (χ2v) is 9.38. The van der Waals surface area contributed by atoms with Crippen molar-refractivity contribution >= 4 is 23.6 Å². The summed E-state index contributed by atoms with van der Waals surface area (Å²) in [6.07, 6.45) is 7.24. The lowest BCUT2D eigenvalue weighted by atomic mass is 9.87. The van der Waals surface area contributed by atoms with Gasteiger partial charge in [-0.2, -0.15) is 0 Å². The van der Waals surface area contributed by atoms with Crippen LogP contribution in [0.5, 0.6) is 0 Å². The number of piperidine rings is 1. The molecule has 2 saturated heterocycles. The van der Waals surface area contributed by atoms with Gasteiger partial charge < -0.3 is 9.80 Å². The van der Waals surface area contributed by atoms with Crippen LogP contribution in [0.1, 0.15) is 55.3 Å². The molecule has 0 bridgehead atoms. The molecule has 2 aliphatic heterocycles. The quantitative estimate of drug-likeness (QED) is 0.769. The average molecular weight is 391 g/mol. The van der Waals surface area contributed by atoms with Crippen molar-refractivity contribution in [1.82, 2.24) is 9.80 Å². The third kappa shape index (κ3) is 3.73. The highest BCUT2D eigenvalue weighted by atomic mass is 32.2. The summed E-state index contributed by atoms with van der Waals surface area (Å²) < 4.78 is 13.5. The van der Waals surface area contributed by atoms with E-state index in [9.17, 15) is 14.0 Å². The van der Waals surface area contributed by atoms with Gasteiger partial charge >= 0.3 is 0 Å². The second kappa shape index (κ2) is 7.82. The van der Waals surface area contributed by atoms with E-state index in [2.05, 4.69) is 0 Å². The number of hydrogen-bond donors (Lipinski definition) is 0. The minimum Gasteiger partial charge on any atom is -0.342 e. The largest absolute Gasteiger partial charge is 0.342 e. The zero-order chi connectivity index (χ0) is 18.9. The van der Waals surface area contributed by atoms with Crippen LogP contribution in [0.4, 0.5) is 4.39 Å².